The molecule has 4 nitrogen and oxygen atoms in total. The van der Waals surface area contributed by atoms with Gasteiger partial charge in [-0.15, -0.1) is 0 Å². The van der Waals surface area contributed by atoms with Crippen molar-refractivity contribution in [2.45, 2.75) is 0 Å². The first-order valence-corrected chi connectivity index (χ1v) is 17.1. The molecular weight excluding hydrogens is 623 g/mol. The van der Waals surface area contributed by atoms with E-state index < -0.39 is 0 Å². The van der Waals surface area contributed by atoms with Crippen LogP contribution in [0.3, 0.4) is 0 Å². The second-order valence-corrected chi connectivity index (χ2v) is 12.8. The minimum Gasteiger partial charge on any atom is -0.455 e. The molecule has 0 aliphatic carbocycles. The number of fused-ring (bicyclic) bond motifs is 6. The Morgan fingerprint density at radius 3 is 1.55 bits per heavy atom. The second-order valence-electron chi connectivity index (χ2n) is 12.8. The number of hydrogen-bond acceptors (Lipinski definition) is 4. The summed E-state index contributed by atoms with van der Waals surface area (Å²) in [5, 5.41) is 6.41. The van der Waals surface area contributed by atoms with Gasteiger partial charge in [-0.2, -0.15) is 0 Å². The summed E-state index contributed by atoms with van der Waals surface area (Å²) in [5.41, 5.74) is 9.14. The lowest BCUT2D eigenvalue weighted by molar-refractivity contribution is 0.672. The van der Waals surface area contributed by atoms with Gasteiger partial charge in [0.1, 0.15) is 11.2 Å². The van der Waals surface area contributed by atoms with Gasteiger partial charge < -0.3 is 4.42 Å². The fraction of sp³-hybridized carbons (Fsp3) is 0. The molecule has 8 aromatic carbocycles. The van der Waals surface area contributed by atoms with E-state index in [0.29, 0.717) is 17.5 Å². The van der Waals surface area contributed by atoms with E-state index in [1.807, 2.05) is 54.6 Å². The van der Waals surface area contributed by atoms with Crippen LogP contribution in [0, 0.1) is 0 Å². The van der Waals surface area contributed by atoms with E-state index in [2.05, 4.69) is 121 Å². The smallest absolute Gasteiger partial charge is 0.164 e. The van der Waals surface area contributed by atoms with Gasteiger partial charge in [-0.05, 0) is 74.8 Å². The van der Waals surface area contributed by atoms with Crippen molar-refractivity contribution < 1.29 is 4.42 Å². The highest BCUT2D eigenvalue weighted by atomic mass is 16.3. The van der Waals surface area contributed by atoms with Crippen molar-refractivity contribution in [3.05, 3.63) is 176 Å². The first-order chi connectivity index (χ1) is 25.2. The van der Waals surface area contributed by atoms with Crippen LogP contribution in [0.4, 0.5) is 0 Å². The van der Waals surface area contributed by atoms with Gasteiger partial charge in [0, 0.05) is 32.8 Å². The van der Waals surface area contributed by atoms with Gasteiger partial charge in [-0.1, -0.05) is 140 Å². The zero-order chi connectivity index (χ0) is 33.7. The number of para-hydroxylation sites is 1. The summed E-state index contributed by atoms with van der Waals surface area (Å²) < 4.78 is 6.51. The van der Waals surface area contributed by atoms with Crippen molar-refractivity contribution in [3.63, 3.8) is 0 Å². The Labute approximate surface area is 294 Å². The number of benzene rings is 8. The number of rotatable bonds is 5. The lowest BCUT2D eigenvalue weighted by Crippen LogP contribution is -2.01. The lowest BCUT2D eigenvalue weighted by atomic mass is 9.95. The summed E-state index contributed by atoms with van der Waals surface area (Å²) in [7, 11) is 0. The van der Waals surface area contributed by atoms with Crippen LogP contribution < -0.4 is 0 Å². The third-order valence-electron chi connectivity index (χ3n) is 9.70. The topological polar surface area (TPSA) is 51.8 Å². The van der Waals surface area contributed by atoms with Crippen LogP contribution in [0.25, 0.3) is 99.9 Å². The van der Waals surface area contributed by atoms with Crippen molar-refractivity contribution in [1.29, 1.82) is 0 Å². The zero-order valence-electron chi connectivity index (χ0n) is 27.5. The van der Waals surface area contributed by atoms with E-state index in [1.165, 1.54) is 11.1 Å². The summed E-state index contributed by atoms with van der Waals surface area (Å²) in [5.74, 6) is 1.86. The van der Waals surface area contributed by atoms with Crippen LogP contribution in [-0.4, -0.2) is 15.0 Å². The Hall–Kier alpha value is -6.91. The van der Waals surface area contributed by atoms with Crippen molar-refractivity contribution in [2.24, 2.45) is 0 Å². The van der Waals surface area contributed by atoms with Crippen molar-refractivity contribution in [3.8, 4) is 56.4 Å². The van der Waals surface area contributed by atoms with Gasteiger partial charge >= 0.3 is 0 Å². The SMILES string of the molecule is c1ccc(-c2ccc3cc(-c4nc(-c5ccccc5)nc(-c5cc6c7ccccc7oc6c6ccc(-c7ccccc7)cc56)n4)ccc3c2)cc1. The van der Waals surface area contributed by atoms with Gasteiger partial charge in [0.15, 0.2) is 17.5 Å². The maximum Gasteiger partial charge on any atom is 0.164 e. The minimum absolute atomic E-state index is 0.612. The molecule has 0 fully saturated rings. The molecule has 0 bridgehead atoms. The largest absolute Gasteiger partial charge is 0.455 e. The van der Waals surface area contributed by atoms with Crippen molar-refractivity contribution >= 4 is 43.5 Å². The van der Waals surface area contributed by atoms with Crippen LogP contribution >= 0.6 is 0 Å². The van der Waals surface area contributed by atoms with Gasteiger partial charge in [0.25, 0.3) is 0 Å². The van der Waals surface area contributed by atoms with E-state index >= 15 is 0 Å². The molecule has 2 heterocycles. The fourth-order valence-corrected chi connectivity index (χ4v) is 7.13. The monoisotopic (exact) mass is 651 g/mol. The highest BCUT2D eigenvalue weighted by Crippen LogP contribution is 2.41. The Morgan fingerprint density at radius 2 is 0.843 bits per heavy atom. The molecule has 0 saturated carbocycles. The average Bonchev–Trinajstić information content (AvgIpc) is 3.59. The molecule has 10 aromatic rings. The third-order valence-corrected chi connectivity index (χ3v) is 9.70. The quantitative estimate of drug-likeness (QED) is 0.186. The number of furan rings is 1. The molecule has 0 amide bonds. The van der Waals surface area contributed by atoms with Gasteiger partial charge in [-0.25, -0.2) is 15.0 Å². The number of nitrogens with zero attached hydrogens (tertiary/aromatic N) is 3. The normalized spacial score (nSPS) is 11.5. The van der Waals surface area contributed by atoms with E-state index in [0.717, 1.165) is 71.3 Å². The Balaban J connectivity index is 1.21. The molecule has 51 heavy (non-hydrogen) atoms. The molecule has 4 heteroatoms. The van der Waals surface area contributed by atoms with Gasteiger partial charge in [0.05, 0.1) is 0 Å². The van der Waals surface area contributed by atoms with Crippen LogP contribution in [0.15, 0.2) is 180 Å². The molecule has 0 N–H and O–H groups in total. The molecule has 0 spiro atoms. The predicted octanol–water partition coefficient (Wildman–Crippen LogP) is 12.4. The fourth-order valence-electron chi connectivity index (χ4n) is 7.13. The zero-order valence-corrected chi connectivity index (χ0v) is 27.5. The Morgan fingerprint density at radius 1 is 0.314 bits per heavy atom. The summed E-state index contributed by atoms with van der Waals surface area (Å²) in [6, 6.07) is 61.1. The summed E-state index contributed by atoms with van der Waals surface area (Å²) >= 11 is 0. The van der Waals surface area contributed by atoms with Crippen LogP contribution in [0.1, 0.15) is 0 Å². The highest BCUT2D eigenvalue weighted by molar-refractivity contribution is 6.19. The number of hydrogen-bond donors (Lipinski definition) is 0. The van der Waals surface area contributed by atoms with E-state index in [4.69, 9.17) is 19.4 Å². The minimum atomic E-state index is 0.612. The van der Waals surface area contributed by atoms with E-state index in [1.54, 1.807) is 0 Å². The molecule has 0 radical (unpaired) electrons. The first kappa shape index (κ1) is 29.0. The highest BCUT2D eigenvalue weighted by Gasteiger charge is 2.20. The molecule has 0 aliphatic rings. The van der Waals surface area contributed by atoms with Gasteiger partial charge in [0.2, 0.25) is 0 Å². The molecule has 238 valence electrons. The first-order valence-electron chi connectivity index (χ1n) is 17.1. The van der Waals surface area contributed by atoms with Gasteiger partial charge in [-0.3, -0.25) is 0 Å². The summed E-state index contributed by atoms with van der Waals surface area (Å²) in [6.45, 7) is 0. The lowest BCUT2D eigenvalue weighted by Gasteiger charge is -2.13. The van der Waals surface area contributed by atoms with E-state index in [9.17, 15) is 0 Å². The molecule has 0 atom stereocenters. The molecular formula is C47H29N3O. The Bertz CT molecular complexity index is 2900. The Kier molecular flexibility index (Phi) is 6.78. The predicted molar refractivity (Wildman–Crippen MR) is 209 cm³/mol. The summed E-state index contributed by atoms with van der Waals surface area (Å²) in [4.78, 5) is 15.5. The summed E-state index contributed by atoms with van der Waals surface area (Å²) in [6.07, 6.45) is 0. The van der Waals surface area contributed by atoms with E-state index in [-0.39, 0.29) is 0 Å². The maximum absolute atomic E-state index is 6.51. The van der Waals surface area contributed by atoms with Crippen LogP contribution in [0.2, 0.25) is 0 Å². The standard InChI is InChI=1S/C47H29N3O/c1-4-12-30(13-5-1)33-20-21-35-27-37(23-22-34(35)26-33)46-48-45(32-16-8-3-9-17-32)49-47(50-46)42-29-41-38-18-10-11-19-43(38)51-44(41)39-25-24-36(28-40(39)42)31-14-6-2-7-15-31/h1-29H. The molecule has 0 aliphatic heterocycles. The van der Waals surface area contributed by atoms with Crippen LogP contribution in [0.5, 0.6) is 0 Å². The second kappa shape index (κ2) is 11.9. The molecule has 0 unspecified atom stereocenters. The third kappa shape index (κ3) is 5.13. The van der Waals surface area contributed by atoms with Crippen molar-refractivity contribution in [1.82, 2.24) is 15.0 Å². The molecule has 2 aromatic heterocycles. The average molecular weight is 652 g/mol. The number of aromatic nitrogens is 3. The molecule has 10 rings (SSSR count). The maximum atomic E-state index is 6.51. The van der Waals surface area contributed by atoms with Crippen LogP contribution in [-0.2, 0) is 0 Å². The van der Waals surface area contributed by atoms with Crippen molar-refractivity contribution in [2.75, 3.05) is 0 Å². The molecule has 0 saturated heterocycles.